The van der Waals surface area contributed by atoms with Gasteiger partial charge in [-0.2, -0.15) is 0 Å². The third-order valence-corrected chi connectivity index (χ3v) is 3.20. The van der Waals surface area contributed by atoms with E-state index in [4.69, 9.17) is 9.47 Å². The lowest BCUT2D eigenvalue weighted by molar-refractivity contribution is -0.144. The molecule has 6 heteroatoms. The lowest BCUT2D eigenvalue weighted by Gasteiger charge is -2.28. The molecule has 0 aliphatic carbocycles. The van der Waals surface area contributed by atoms with Crippen molar-refractivity contribution >= 4 is 17.7 Å². The highest BCUT2D eigenvalue weighted by molar-refractivity contribution is 5.99. The van der Waals surface area contributed by atoms with Crippen LogP contribution in [0, 0.1) is 0 Å². The Kier molecular flexibility index (Phi) is 4.30. The van der Waals surface area contributed by atoms with Gasteiger partial charge in [-0.15, -0.1) is 0 Å². The number of phenols is 1. The van der Waals surface area contributed by atoms with Crippen molar-refractivity contribution in [1.29, 1.82) is 0 Å². The first kappa shape index (κ1) is 16.1. The molecule has 0 fully saturated rings. The van der Waals surface area contributed by atoms with Crippen LogP contribution in [0.4, 0.5) is 10.5 Å². The van der Waals surface area contributed by atoms with Gasteiger partial charge in [-0.05, 0) is 39.3 Å². The summed E-state index contributed by atoms with van der Waals surface area (Å²) in [4.78, 5) is 25.9. The molecule has 1 N–H and O–H groups in total. The van der Waals surface area contributed by atoms with Crippen molar-refractivity contribution in [2.45, 2.75) is 45.8 Å². The predicted molar refractivity (Wildman–Crippen MR) is 80.9 cm³/mol. The number of rotatable bonds is 2. The van der Waals surface area contributed by atoms with E-state index < -0.39 is 23.7 Å². The van der Waals surface area contributed by atoms with Crippen LogP contribution in [0.3, 0.4) is 0 Å². The second-order valence-corrected chi connectivity index (χ2v) is 6.14. The number of amides is 1. The van der Waals surface area contributed by atoms with Gasteiger partial charge in [0.1, 0.15) is 17.4 Å². The van der Waals surface area contributed by atoms with Crippen LogP contribution in [0.1, 0.15) is 33.3 Å². The van der Waals surface area contributed by atoms with E-state index in [2.05, 4.69) is 0 Å². The lowest BCUT2D eigenvalue weighted by Crippen LogP contribution is -2.46. The molecule has 0 spiro atoms. The average Bonchev–Trinajstić information content (AvgIpc) is 2.75. The third-order valence-electron chi connectivity index (χ3n) is 3.20. The molecular weight excluding hydrogens is 286 g/mol. The number of anilines is 1. The summed E-state index contributed by atoms with van der Waals surface area (Å²) >= 11 is 0. The maximum absolute atomic E-state index is 12.5. The Bertz CT molecular complexity index is 591. The van der Waals surface area contributed by atoms with Crippen molar-refractivity contribution in [3.05, 3.63) is 23.8 Å². The van der Waals surface area contributed by atoms with Gasteiger partial charge in [0.05, 0.1) is 12.3 Å². The first-order valence-corrected chi connectivity index (χ1v) is 7.23. The van der Waals surface area contributed by atoms with E-state index in [1.807, 2.05) is 0 Å². The standard InChI is InChI=1S/C16H21NO5/c1-5-21-14(19)13-8-10-6-7-11(18)9-12(10)17(13)15(20)22-16(2,3)4/h6-7,9,13,18H,5,8H2,1-4H3. The molecule has 0 radical (unpaired) electrons. The molecule has 1 aliphatic rings. The maximum Gasteiger partial charge on any atom is 0.415 e. The first-order valence-electron chi connectivity index (χ1n) is 7.23. The Morgan fingerprint density at radius 1 is 1.36 bits per heavy atom. The topological polar surface area (TPSA) is 76.1 Å². The minimum atomic E-state index is -0.772. The zero-order valence-electron chi connectivity index (χ0n) is 13.3. The lowest BCUT2D eigenvalue weighted by atomic mass is 10.1. The zero-order valence-corrected chi connectivity index (χ0v) is 13.3. The van der Waals surface area contributed by atoms with E-state index in [-0.39, 0.29) is 12.4 Å². The summed E-state index contributed by atoms with van der Waals surface area (Å²) in [6.07, 6.45) is -0.289. The van der Waals surface area contributed by atoms with Crippen LogP contribution in [-0.4, -0.2) is 35.4 Å². The number of phenolic OH excluding ortho intramolecular Hbond substituents is 1. The van der Waals surface area contributed by atoms with Gasteiger partial charge in [-0.25, -0.2) is 9.59 Å². The summed E-state index contributed by atoms with van der Waals surface area (Å²) in [7, 11) is 0. The second-order valence-electron chi connectivity index (χ2n) is 6.14. The van der Waals surface area contributed by atoms with Gasteiger partial charge in [-0.3, -0.25) is 4.90 Å². The highest BCUT2D eigenvalue weighted by Crippen LogP contribution is 2.36. The Labute approximate surface area is 129 Å². The van der Waals surface area contributed by atoms with Crippen molar-refractivity contribution in [2.24, 2.45) is 0 Å². The SMILES string of the molecule is CCOC(=O)C1Cc2ccc(O)cc2N1C(=O)OC(C)(C)C. The largest absolute Gasteiger partial charge is 0.508 e. The molecule has 1 aliphatic heterocycles. The van der Waals surface area contributed by atoms with E-state index in [1.54, 1.807) is 33.8 Å². The predicted octanol–water partition coefficient (Wildman–Crippen LogP) is 2.62. The molecule has 1 unspecified atom stereocenters. The summed E-state index contributed by atoms with van der Waals surface area (Å²) < 4.78 is 10.4. The number of hydrogen-bond acceptors (Lipinski definition) is 5. The van der Waals surface area contributed by atoms with Crippen molar-refractivity contribution in [1.82, 2.24) is 0 Å². The van der Waals surface area contributed by atoms with Gasteiger partial charge in [0, 0.05) is 12.5 Å². The molecule has 0 saturated carbocycles. The number of fused-ring (bicyclic) bond motifs is 1. The van der Waals surface area contributed by atoms with Crippen molar-refractivity contribution in [2.75, 3.05) is 11.5 Å². The van der Waals surface area contributed by atoms with Crippen molar-refractivity contribution < 1.29 is 24.2 Å². The maximum atomic E-state index is 12.5. The summed E-state index contributed by atoms with van der Waals surface area (Å²) in [5.41, 5.74) is 0.588. The van der Waals surface area contributed by atoms with Gasteiger partial charge in [0.15, 0.2) is 0 Å². The highest BCUT2D eigenvalue weighted by Gasteiger charge is 2.41. The number of ether oxygens (including phenoxy) is 2. The second kappa shape index (κ2) is 5.87. The van der Waals surface area contributed by atoms with Crippen LogP contribution in [0.5, 0.6) is 5.75 Å². The van der Waals surface area contributed by atoms with E-state index in [1.165, 1.54) is 17.0 Å². The van der Waals surface area contributed by atoms with Crippen LogP contribution in [0.2, 0.25) is 0 Å². The van der Waals surface area contributed by atoms with Crippen LogP contribution < -0.4 is 4.90 Å². The van der Waals surface area contributed by atoms with Gasteiger partial charge in [-0.1, -0.05) is 6.07 Å². The molecule has 0 saturated heterocycles. The molecule has 1 aromatic carbocycles. The monoisotopic (exact) mass is 307 g/mol. The molecule has 1 atom stereocenters. The number of aromatic hydroxyl groups is 1. The summed E-state index contributed by atoms with van der Waals surface area (Å²) in [5, 5.41) is 9.66. The van der Waals surface area contributed by atoms with E-state index >= 15 is 0 Å². The third kappa shape index (κ3) is 3.32. The molecule has 1 amide bonds. The summed E-state index contributed by atoms with van der Waals surface area (Å²) in [6, 6.07) is 3.91. The van der Waals surface area contributed by atoms with Crippen LogP contribution >= 0.6 is 0 Å². The average molecular weight is 307 g/mol. The molecule has 6 nitrogen and oxygen atoms in total. The molecule has 0 aromatic heterocycles. The van der Waals surface area contributed by atoms with Crippen LogP contribution in [-0.2, 0) is 20.7 Å². The van der Waals surface area contributed by atoms with Crippen molar-refractivity contribution in [3.8, 4) is 5.75 Å². The Hall–Kier alpha value is -2.24. The first-order chi connectivity index (χ1) is 10.2. The number of carbonyl (C=O) groups excluding carboxylic acids is 2. The van der Waals surface area contributed by atoms with Crippen LogP contribution in [0.25, 0.3) is 0 Å². The number of esters is 1. The number of hydrogen-bond donors (Lipinski definition) is 1. The molecule has 22 heavy (non-hydrogen) atoms. The fraction of sp³-hybridized carbons (Fsp3) is 0.500. The fourth-order valence-electron chi connectivity index (χ4n) is 2.38. The Morgan fingerprint density at radius 2 is 2.05 bits per heavy atom. The Morgan fingerprint density at radius 3 is 2.64 bits per heavy atom. The van der Waals surface area contributed by atoms with Crippen molar-refractivity contribution in [3.63, 3.8) is 0 Å². The normalized spacial score (nSPS) is 17.1. The van der Waals surface area contributed by atoms with Gasteiger partial charge >= 0.3 is 12.1 Å². The molecule has 1 aromatic rings. The highest BCUT2D eigenvalue weighted by atomic mass is 16.6. The molecule has 2 rings (SSSR count). The van der Waals surface area contributed by atoms with E-state index in [0.717, 1.165) is 5.56 Å². The zero-order chi connectivity index (χ0) is 16.5. The fourth-order valence-corrected chi connectivity index (χ4v) is 2.38. The quantitative estimate of drug-likeness (QED) is 0.850. The smallest absolute Gasteiger partial charge is 0.415 e. The number of benzene rings is 1. The molecule has 120 valence electrons. The van der Waals surface area contributed by atoms with Gasteiger partial charge in [0.25, 0.3) is 0 Å². The van der Waals surface area contributed by atoms with Gasteiger partial charge in [0.2, 0.25) is 0 Å². The Balaban J connectivity index is 2.37. The summed E-state index contributed by atoms with van der Waals surface area (Å²) in [6.45, 7) is 7.21. The molecule has 0 bridgehead atoms. The van der Waals surface area contributed by atoms with E-state index in [9.17, 15) is 14.7 Å². The van der Waals surface area contributed by atoms with Gasteiger partial charge < -0.3 is 14.6 Å². The van der Waals surface area contributed by atoms with E-state index in [0.29, 0.717) is 12.1 Å². The van der Waals surface area contributed by atoms with Crippen LogP contribution in [0.15, 0.2) is 18.2 Å². The molecule has 1 heterocycles. The minimum Gasteiger partial charge on any atom is -0.508 e. The molecular formula is C16H21NO5. The number of nitrogens with zero attached hydrogens (tertiary/aromatic N) is 1. The summed E-state index contributed by atoms with van der Waals surface area (Å²) in [5.74, 6) is -0.458. The minimum absolute atomic E-state index is 0.0248. The number of carbonyl (C=O) groups is 2.